The molecule has 1 amide bonds. The van der Waals surface area contributed by atoms with E-state index in [0.29, 0.717) is 23.2 Å². The number of nitrogens with one attached hydrogen (secondary N) is 2. The van der Waals surface area contributed by atoms with E-state index in [1.54, 1.807) is 0 Å². The Labute approximate surface area is 168 Å². The molecule has 146 valence electrons. The topological polar surface area (TPSA) is 89.1 Å². The van der Waals surface area contributed by atoms with E-state index < -0.39 is 0 Å². The Kier molecular flexibility index (Phi) is 4.96. The zero-order chi connectivity index (χ0) is 20.4. The molecule has 1 fully saturated rings. The van der Waals surface area contributed by atoms with Gasteiger partial charge in [-0.05, 0) is 43.5 Å². The fraction of sp³-hybridized carbons (Fsp3) is 0.286. The molecule has 4 rings (SSSR count). The fourth-order valence-corrected chi connectivity index (χ4v) is 3.84. The third-order valence-corrected chi connectivity index (χ3v) is 5.27. The van der Waals surface area contributed by atoms with Gasteiger partial charge in [-0.15, -0.1) is 0 Å². The maximum atomic E-state index is 11.5. The molecular weight excluding hydrogens is 366 g/mol. The smallest absolute Gasteiger partial charge is 0.247 e. The van der Waals surface area contributed by atoms with Crippen LogP contribution in [0.3, 0.4) is 0 Å². The predicted octanol–water partition coefficient (Wildman–Crippen LogP) is 3.79. The van der Waals surface area contributed by atoms with Crippen molar-refractivity contribution in [2.75, 3.05) is 10.6 Å². The highest BCUT2D eigenvalue weighted by Gasteiger charge is 2.29. The van der Waals surface area contributed by atoms with Gasteiger partial charge in [0.2, 0.25) is 17.5 Å². The summed E-state index contributed by atoms with van der Waals surface area (Å²) in [6.07, 6.45) is 7.27. The van der Waals surface area contributed by atoms with Crippen LogP contribution >= 0.6 is 0 Å². The highest BCUT2D eigenvalue weighted by atomic mass is 16.1. The zero-order valence-corrected chi connectivity index (χ0v) is 16.1. The van der Waals surface area contributed by atoms with E-state index in [0.717, 1.165) is 36.1 Å². The van der Waals surface area contributed by atoms with Crippen LogP contribution < -0.4 is 10.6 Å². The molecule has 1 saturated carbocycles. The number of carbonyl (C=O) groups excluding carboxylic acids is 1. The molecule has 0 spiro atoms. The molecule has 0 aliphatic heterocycles. The molecular formula is C21H21N7O. The Bertz CT molecular complexity index is 1110. The Morgan fingerprint density at radius 1 is 1.34 bits per heavy atom. The van der Waals surface area contributed by atoms with E-state index in [-0.39, 0.29) is 11.9 Å². The molecule has 8 heteroatoms. The second-order valence-electron chi connectivity index (χ2n) is 7.15. The number of benzene rings is 1. The molecule has 0 radical (unpaired) electrons. The second kappa shape index (κ2) is 7.72. The number of fused-ring (bicyclic) bond motifs is 1. The van der Waals surface area contributed by atoms with Gasteiger partial charge < -0.3 is 15.2 Å². The molecule has 2 aromatic heterocycles. The number of anilines is 2. The molecule has 0 saturated heterocycles. The largest absolute Gasteiger partial charge is 0.352 e. The minimum atomic E-state index is -0.239. The van der Waals surface area contributed by atoms with Crippen LogP contribution in [-0.4, -0.2) is 31.5 Å². The van der Waals surface area contributed by atoms with Gasteiger partial charge in [0.1, 0.15) is 5.82 Å². The summed E-state index contributed by atoms with van der Waals surface area (Å²) in [7, 11) is 2.03. The van der Waals surface area contributed by atoms with Gasteiger partial charge >= 0.3 is 0 Å². The zero-order valence-electron chi connectivity index (χ0n) is 16.1. The number of hydrogen-bond acceptors (Lipinski definition) is 5. The van der Waals surface area contributed by atoms with Crippen molar-refractivity contribution in [1.82, 2.24) is 19.5 Å². The summed E-state index contributed by atoms with van der Waals surface area (Å²) in [6, 6.07) is 6.00. The number of aryl methyl sites for hydroxylation is 1. The van der Waals surface area contributed by atoms with Crippen LogP contribution in [0.15, 0.2) is 43.2 Å². The lowest BCUT2D eigenvalue weighted by Gasteiger charge is -2.13. The third kappa shape index (κ3) is 3.80. The highest BCUT2D eigenvalue weighted by Crippen LogP contribution is 2.36. The van der Waals surface area contributed by atoms with E-state index in [1.807, 2.05) is 25.2 Å². The van der Waals surface area contributed by atoms with Gasteiger partial charge in [0.15, 0.2) is 0 Å². The van der Waals surface area contributed by atoms with Crippen molar-refractivity contribution in [2.45, 2.75) is 31.2 Å². The fourth-order valence-electron chi connectivity index (χ4n) is 3.84. The van der Waals surface area contributed by atoms with Crippen LogP contribution in [0.4, 0.5) is 17.3 Å². The monoisotopic (exact) mass is 387 g/mol. The molecule has 2 N–H and O–H groups in total. The lowest BCUT2D eigenvalue weighted by Crippen LogP contribution is -2.17. The average molecular weight is 387 g/mol. The molecule has 0 unspecified atom stereocenters. The Morgan fingerprint density at radius 2 is 2.14 bits per heavy atom. The average Bonchev–Trinajstić information content (AvgIpc) is 3.32. The summed E-state index contributed by atoms with van der Waals surface area (Å²) in [4.78, 5) is 28.1. The first-order chi connectivity index (χ1) is 14.1. The van der Waals surface area contributed by atoms with Crippen LogP contribution in [0.5, 0.6) is 0 Å². The quantitative estimate of drug-likeness (QED) is 0.514. The first-order valence-electron chi connectivity index (χ1n) is 9.43. The number of rotatable bonds is 5. The van der Waals surface area contributed by atoms with Crippen LogP contribution in [0.1, 0.15) is 31.0 Å². The Morgan fingerprint density at radius 3 is 2.86 bits per heavy atom. The number of hydrogen-bond donors (Lipinski definition) is 2. The van der Waals surface area contributed by atoms with Crippen molar-refractivity contribution >= 4 is 34.3 Å². The van der Waals surface area contributed by atoms with Crippen molar-refractivity contribution in [3.63, 3.8) is 0 Å². The summed E-state index contributed by atoms with van der Waals surface area (Å²) >= 11 is 0. The number of imidazole rings is 1. The molecule has 0 bridgehead atoms. The van der Waals surface area contributed by atoms with Gasteiger partial charge in [-0.1, -0.05) is 6.58 Å². The summed E-state index contributed by atoms with van der Waals surface area (Å²) in [6.45, 7) is 10.4. The lowest BCUT2D eigenvalue weighted by molar-refractivity contribution is -0.111. The van der Waals surface area contributed by atoms with Crippen LogP contribution in [-0.2, 0) is 11.8 Å². The number of aromatic nitrogens is 4. The normalized spacial score (nSPS) is 18.3. The van der Waals surface area contributed by atoms with Crippen molar-refractivity contribution in [2.24, 2.45) is 7.05 Å². The van der Waals surface area contributed by atoms with E-state index >= 15 is 0 Å². The first-order valence-corrected chi connectivity index (χ1v) is 9.43. The summed E-state index contributed by atoms with van der Waals surface area (Å²) < 4.78 is 2.13. The molecule has 3 aromatic rings. The Balaban J connectivity index is 1.49. The number of carbonyl (C=O) groups is 1. The molecule has 2 heterocycles. The van der Waals surface area contributed by atoms with E-state index in [4.69, 9.17) is 11.6 Å². The predicted molar refractivity (Wildman–Crippen MR) is 112 cm³/mol. The SMILES string of the molecule is [C-]#[N+]c1cnc(N[C@@H]2CC[C@H](c3nc4cc(NC(=O)C=C)ccc4n3C)C2)nc1. The van der Waals surface area contributed by atoms with E-state index in [9.17, 15) is 4.79 Å². The summed E-state index contributed by atoms with van der Waals surface area (Å²) in [5, 5.41) is 6.14. The molecule has 2 atom stereocenters. The van der Waals surface area contributed by atoms with Gasteiger partial charge in [-0.25, -0.2) is 19.8 Å². The van der Waals surface area contributed by atoms with E-state index in [2.05, 4.69) is 36.6 Å². The van der Waals surface area contributed by atoms with Gasteiger partial charge in [-0.3, -0.25) is 4.79 Å². The minimum Gasteiger partial charge on any atom is -0.352 e. The summed E-state index contributed by atoms with van der Waals surface area (Å²) in [5.74, 6) is 1.69. The van der Waals surface area contributed by atoms with Gasteiger partial charge in [0.05, 0.1) is 17.6 Å². The molecule has 29 heavy (non-hydrogen) atoms. The van der Waals surface area contributed by atoms with Crippen molar-refractivity contribution in [3.8, 4) is 0 Å². The van der Waals surface area contributed by atoms with Crippen molar-refractivity contribution in [1.29, 1.82) is 0 Å². The standard InChI is InChI=1S/C21H21N7O/c1-4-19(29)25-15-7-8-18-17(10-15)27-20(28(18)3)13-5-6-14(9-13)26-21-23-11-16(22-2)12-24-21/h4,7-8,10-14H,1,5-6,9H2,3H3,(H,25,29)(H,23,24,26)/t13-,14+/m0/s1. The number of nitrogens with zero attached hydrogens (tertiary/aromatic N) is 5. The third-order valence-electron chi connectivity index (χ3n) is 5.27. The van der Waals surface area contributed by atoms with Crippen LogP contribution in [0.2, 0.25) is 0 Å². The second-order valence-corrected chi connectivity index (χ2v) is 7.15. The maximum absolute atomic E-state index is 11.5. The van der Waals surface area contributed by atoms with Gasteiger partial charge in [0.25, 0.3) is 0 Å². The van der Waals surface area contributed by atoms with Crippen LogP contribution in [0.25, 0.3) is 15.9 Å². The molecule has 1 aliphatic rings. The highest BCUT2D eigenvalue weighted by molar-refractivity contribution is 6.00. The minimum absolute atomic E-state index is 0.239. The maximum Gasteiger partial charge on any atom is 0.247 e. The molecule has 1 aliphatic carbocycles. The molecule has 8 nitrogen and oxygen atoms in total. The Hall–Kier alpha value is -3.73. The molecule has 1 aromatic carbocycles. The van der Waals surface area contributed by atoms with Gasteiger partial charge in [0, 0.05) is 37.1 Å². The first kappa shape index (κ1) is 18.6. The lowest BCUT2D eigenvalue weighted by atomic mass is 10.1. The van der Waals surface area contributed by atoms with Crippen LogP contribution in [0, 0.1) is 6.57 Å². The van der Waals surface area contributed by atoms with Crippen molar-refractivity contribution in [3.05, 3.63) is 60.5 Å². The van der Waals surface area contributed by atoms with E-state index in [1.165, 1.54) is 18.5 Å². The summed E-state index contributed by atoms with van der Waals surface area (Å²) in [5.41, 5.74) is 3.03. The van der Waals surface area contributed by atoms with Gasteiger partial charge in [-0.2, -0.15) is 0 Å². The van der Waals surface area contributed by atoms with Crippen molar-refractivity contribution < 1.29 is 4.79 Å². The number of amides is 1.